The van der Waals surface area contributed by atoms with Crippen molar-refractivity contribution in [3.63, 3.8) is 0 Å². The maximum absolute atomic E-state index is 13.2. The van der Waals surface area contributed by atoms with E-state index in [-0.39, 0.29) is 36.7 Å². The number of carbonyl (C=O) groups excluding carboxylic acids is 1. The molecule has 19 heavy (non-hydrogen) atoms. The lowest BCUT2D eigenvalue weighted by atomic mass is 10.2. The van der Waals surface area contributed by atoms with E-state index in [0.717, 1.165) is 31.6 Å². The van der Waals surface area contributed by atoms with Crippen molar-refractivity contribution in [2.24, 2.45) is 0 Å². The number of hydrogen-bond donors (Lipinski definition) is 2. The summed E-state index contributed by atoms with van der Waals surface area (Å²) in [7, 11) is 0. The number of amides is 1. The Balaban J connectivity index is 0.00000180. The molecule has 0 bridgehead atoms. The lowest BCUT2D eigenvalue weighted by Crippen LogP contribution is -2.39. The molecule has 1 heterocycles. The molecule has 2 rings (SSSR count). The number of carbonyl (C=O) groups is 1. The van der Waals surface area contributed by atoms with E-state index in [9.17, 15) is 13.6 Å². The van der Waals surface area contributed by atoms with Crippen molar-refractivity contribution in [2.75, 3.05) is 19.7 Å². The molecule has 4 nitrogen and oxygen atoms in total. The summed E-state index contributed by atoms with van der Waals surface area (Å²) in [5.74, 6) is -1.94. The van der Waals surface area contributed by atoms with E-state index < -0.39 is 11.6 Å². The third-order valence-corrected chi connectivity index (χ3v) is 2.68. The molecule has 0 radical (unpaired) electrons. The van der Waals surface area contributed by atoms with E-state index >= 15 is 0 Å². The second-order valence-electron chi connectivity index (χ2n) is 4.12. The van der Waals surface area contributed by atoms with E-state index in [0.29, 0.717) is 6.07 Å². The van der Waals surface area contributed by atoms with Crippen molar-refractivity contribution in [1.29, 1.82) is 0 Å². The number of rotatable bonds is 4. The van der Waals surface area contributed by atoms with Crippen LogP contribution in [0.4, 0.5) is 8.78 Å². The first-order chi connectivity index (χ1) is 8.65. The summed E-state index contributed by atoms with van der Waals surface area (Å²) >= 11 is 0. The average Bonchev–Trinajstić information content (AvgIpc) is 2.80. The second-order valence-corrected chi connectivity index (χ2v) is 4.12. The molecule has 1 unspecified atom stereocenters. The Kier molecular flexibility index (Phi) is 5.98. The van der Waals surface area contributed by atoms with Gasteiger partial charge in [0.15, 0.2) is 18.2 Å². The van der Waals surface area contributed by atoms with E-state index in [4.69, 9.17) is 4.74 Å². The molecule has 2 N–H and O–H groups in total. The van der Waals surface area contributed by atoms with Crippen molar-refractivity contribution >= 4 is 18.3 Å². The summed E-state index contributed by atoms with van der Waals surface area (Å²) in [6.07, 6.45) is 0.872. The van der Waals surface area contributed by atoms with Gasteiger partial charge in [0, 0.05) is 18.7 Å². The van der Waals surface area contributed by atoms with E-state index in [1.54, 1.807) is 0 Å². The summed E-state index contributed by atoms with van der Waals surface area (Å²) in [6.45, 7) is 1.33. The molecule has 0 aromatic heterocycles. The molecule has 1 aliphatic heterocycles. The van der Waals surface area contributed by atoms with E-state index in [2.05, 4.69) is 10.6 Å². The van der Waals surface area contributed by atoms with Crippen LogP contribution in [-0.4, -0.2) is 31.6 Å². The van der Waals surface area contributed by atoms with Gasteiger partial charge in [-0.05, 0) is 25.1 Å². The van der Waals surface area contributed by atoms with Gasteiger partial charge < -0.3 is 15.4 Å². The molecular formula is C12H15ClF2N2O2. The molecule has 1 aromatic rings. The lowest BCUT2D eigenvalue weighted by Gasteiger charge is -2.12. The highest BCUT2D eigenvalue weighted by Crippen LogP contribution is 2.17. The summed E-state index contributed by atoms with van der Waals surface area (Å²) in [5.41, 5.74) is 0. The van der Waals surface area contributed by atoms with E-state index in [1.807, 2.05) is 0 Å². The van der Waals surface area contributed by atoms with Gasteiger partial charge in [-0.3, -0.25) is 4.79 Å². The minimum atomic E-state index is -0.815. The molecule has 1 atom stereocenters. The van der Waals surface area contributed by atoms with Crippen LogP contribution in [0.2, 0.25) is 0 Å². The molecule has 1 fully saturated rings. The fraction of sp³-hybridized carbons (Fsp3) is 0.417. The van der Waals surface area contributed by atoms with Crippen LogP contribution in [0, 0.1) is 11.6 Å². The van der Waals surface area contributed by atoms with Gasteiger partial charge in [0.2, 0.25) is 0 Å². The molecule has 1 amide bonds. The second kappa shape index (κ2) is 7.25. The van der Waals surface area contributed by atoms with Crippen molar-refractivity contribution in [2.45, 2.75) is 12.5 Å². The van der Waals surface area contributed by atoms with Crippen LogP contribution in [0.1, 0.15) is 6.42 Å². The van der Waals surface area contributed by atoms with Gasteiger partial charge in [0.25, 0.3) is 5.91 Å². The lowest BCUT2D eigenvalue weighted by molar-refractivity contribution is -0.123. The number of benzene rings is 1. The number of halogens is 3. The maximum Gasteiger partial charge on any atom is 0.258 e. The highest BCUT2D eigenvalue weighted by molar-refractivity contribution is 5.85. The summed E-state index contributed by atoms with van der Waals surface area (Å²) in [4.78, 5) is 11.5. The van der Waals surface area contributed by atoms with Crippen LogP contribution in [0.15, 0.2) is 18.2 Å². The zero-order chi connectivity index (χ0) is 13.0. The first-order valence-corrected chi connectivity index (χ1v) is 5.73. The Bertz CT molecular complexity index is 440. The van der Waals surface area contributed by atoms with Crippen molar-refractivity contribution in [3.05, 3.63) is 29.8 Å². The van der Waals surface area contributed by atoms with Crippen molar-refractivity contribution in [1.82, 2.24) is 10.6 Å². The fourth-order valence-corrected chi connectivity index (χ4v) is 1.78. The van der Waals surface area contributed by atoms with Gasteiger partial charge >= 0.3 is 0 Å². The molecular weight excluding hydrogens is 278 g/mol. The van der Waals surface area contributed by atoms with Gasteiger partial charge in [-0.25, -0.2) is 8.78 Å². The topological polar surface area (TPSA) is 50.4 Å². The highest BCUT2D eigenvalue weighted by Gasteiger charge is 2.17. The Morgan fingerprint density at radius 3 is 2.89 bits per heavy atom. The minimum Gasteiger partial charge on any atom is -0.481 e. The summed E-state index contributed by atoms with van der Waals surface area (Å²) in [5, 5.41) is 5.87. The zero-order valence-corrected chi connectivity index (χ0v) is 10.9. The standard InChI is InChI=1S/C12H14F2N2O2.ClH/c13-8-1-2-11(10(14)5-8)18-7-12(17)16-9-3-4-15-6-9;/h1-2,5,9,15H,3-4,6-7H2,(H,16,17);1H. The highest BCUT2D eigenvalue weighted by atomic mass is 35.5. The summed E-state index contributed by atoms with van der Waals surface area (Å²) < 4.78 is 30.8. The maximum atomic E-state index is 13.2. The smallest absolute Gasteiger partial charge is 0.258 e. The Morgan fingerprint density at radius 1 is 1.47 bits per heavy atom. The average molecular weight is 293 g/mol. The first-order valence-electron chi connectivity index (χ1n) is 5.73. The van der Waals surface area contributed by atoms with Crippen LogP contribution in [0.3, 0.4) is 0 Å². The van der Waals surface area contributed by atoms with Crippen LogP contribution < -0.4 is 15.4 Å². The molecule has 0 aliphatic carbocycles. The third kappa shape index (κ3) is 4.65. The number of ether oxygens (including phenoxy) is 1. The van der Waals surface area contributed by atoms with Gasteiger partial charge in [-0.1, -0.05) is 0 Å². The predicted molar refractivity (Wildman–Crippen MR) is 68.5 cm³/mol. The van der Waals surface area contributed by atoms with Gasteiger partial charge in [0.1, 0.15) is 5.82 Å². The minimum absolute atomic E-state index is 0. The zero-order valence-electron chi connectivity index (χ0n) is 10.1. The first kappa shape index (κ1) is 15.7. The van der Waals surface area contributed by atoms with Crippen LogP contribution in [0.5, 0.6) is 5.75 Å². The van der Waals surface area contributed by atoms with Crippen molar-refractivity contribution in [3.8, 4) is 5.75 Å². The Morgan fingerprint density at radius 2 is 2.26 bits per heavy atom. The molecule has 106 valence electrons. The molecule has 1 saturated heterocycles. The summed E-state index contributed by atoms with van der Waals surface area (Å²) in [6, 6.07) is 3.06. The van der Waals surface area contributed by atoms with Gasteiger partial charge in [-0.15, -0.1) is 12.4 Å². The molecule has 0 saturated carbocycles. The number of nitrogens with one attached hydrogen (secondary N) is 2. The fourth-order valence-electron chi connectivity index (χ4n) is 1.78. The third-order valence-electron chi connectivity index (χ3n) is 2.68. The van der Waals surface area contributed by atoms with Crippen LogP contribution >= 0.6 is 12.4 Å². The van der Waals surface area contributed by atoms with Gasteiger partial charge in [-0.2, -0.15) is 0 Å². The number of hydrogen-bond acceptors (Lipinski definition) is 3. The Labute approximate surface area is 115 Å². The van der Waals surface area contributed by atoms with Crippen molar-refractivity contribution < 1.29 is 18.3 Å². The molecule has 7 heteroatoms. The predicted octanol–water partition coefficient (Wildman–Crippen LogP) is 1.24. The molecule has 1 aliphatic rings. The quantitative estimate of drug-likeness (QED) is 0.878. The van der Waals surface area contributed by atoms with Crippen LogP contribution in [-0.2, 0) is 4.79 Å². The van der Waals surface area contributed by atoms with Crippen LogP contribution in [0.25, 0.3) is 0 Å². The largest absolute Gasteiger partial charge is 0.481 e. The Hall–Kier alpha value is -1.40. The molecule has 1 aromatic carbocycles. The normalized spacial score (nSPS) is 17.7. The molecule has 0 spiro atoms. The van der Waals surface area contributed by atoms with E-state index in [1.165, 1.54) is 0 Å². The monoisotopic (exact) mass is 292 g/mol. The van der Waals surface area contributed by atoms with Gasteiger partial charge in [0.05, 0.1) is 0 Å². The SMILES string of the molecule is Cl.O=C(COc1ccc(F)cc1F)NC1CCNC1.